The first kappa shape index (κ1) is 26.9. The van der Waals surface area contributed by atoms with Gasteiger partial charge in [0.15, 0.2) is 0 Å². The smallest absolute Gasteiger partial charge is 0.337 e. The third-order valence-corrected chi connectivity index (χ3v) is 6.50. The van der Waals surface area contributed by atoms with Gasteiger partial charge in [0.2, 0.25) is 0 Å². The molecule has 0 amide bonds. The predicted octanol–water partition coefficient (Wildman–Crippen LogP) is 5.46. The van der Waals surface area contributed by atoms with E-state index in [0.29, 0.717) is 17.8 Å². The Morgan fingerprint density at radius 1 is 1.08 bits per heavy atom. The Bertz CT molecular complexity index is 1430. The van der Waals surface area contributed by atoms with E-state index in [1.54, 1.807) is 38.4 Å². The first-order chi connectivity index (χ1) is 18.3. The topological polar surface area (TPSA) is 93.3 Å². The van der Waals surface area contributed by atoms with E-state index in [4.69, 9.17) is 21.1 Å². The highest BCUT2D eigenvalue weighted by atomic mass is 35.5. The number of aromatic nitrogens is 2. The van der Waals surface area contributed by atoms with E-state index in [1.165, 1.54) is 19.2 Å². The number of rotatable bonds is 8. The first-order valence-electron chi connectivity index (χ1n) is 11.9. The zero-order valence-corrected chi connectivity index (χ0v) is 21.9. The van der Waals surface area contributed by atoms with E-state index >= 15 is 4.39 Å². The highest BCUT2D eigenvalue weighted by molar-refractivity contribution is 6.30. The van der Waals surface area contributed by atoms with Crippen LogP contribution in [0.4, 0.5) is 4.39 Å². The number of nitrogens with zero attached hydrogens (tertiary/aromatic N) is 1. The number of methoxy groups -OCH3 is 1. The summed E-state index contributed by atoms with van der Waals surface area (Å²) in [5, 5.41) is 2.90. The molecule has 0 bridgehead atoms. The molecule has 2 N–H and O–H groups in total. The summed E-state index contributed by atoms with van der Waals surface area (Å²) in [4.78, 5) is 33.3. The van der Waals surface area contributed by atoms with Gasteiger partial charge in [0.25, 0.3) is 0 Å². The molecule has 1 unspecified atom stereocenters. The number of benzene rings is 2. The third-order valence-electron chi connectivity index (χ3n) is 6.21. The van der Waals surface area contributed by atoms with Crippen molar-refractivity contribution in [2.45, 2.75) is 26.2 Å². The number of imidazole rings is 1. The van der Waals surface area contributed by atoms with Crippen LogP contribution in [0.1, 0.15) is 42.3 Å². The fraction of sp³-hybridized carbons (Fsp3) is 0.207. The zero-order valence-electron chi connectivity index (χ0n) is 21.2. The van der Waals surface area contributed by atoms with Crippen LogP contribution >= 0.6 is 11.6 Å². The van der Waals surface area contributed by atoms with E-state index in [1.807, 2.05) is 30.3 Å². The van der Waals surface area contributed by atoms with Gasteiger partial charge in [-0.05, 0) is 37.1 Å². The first-order valence-corrected chi connectivity index (χ1v) is 12.3. The quantitative estimate of drug-likeness (QED) is 0.372. The lowest BCUT2D eigenvalue weighted by molar-refractivity contribution is -0.138. The third kappa shape index (κ3) is 5.86. The number of nitrogens with one attached hydrogen (secondary N) is 2. The van der Waals surface area contributed by atoms with Gasteiger partial charge < -0.3 is 19.8 Å². The molecule has 0 radical (unpaired) electrons. The summed E-state index contributed by atoms with van der Waals surface area (Å²) in [6.45, 7) is 3.31. The second-order valence-electron chi connectivity index (χ2n) is 8.73. The molecular weight excluding hydrogens is 509 g/mol. The molecule has 38 heavy (non-hydrogen) atoms. The summed E-state index contributed by atoms with van der Waals surface area (Å²) in [7, 11) is 1.23. The lowest BCUT2D eigenvalue weighted by Gasteiger charge is -2.30. The van der Waals surface area contributed by atoms with Gasteiger partial charge in [0.1, 0.15) is 18.2 Å². The van der Waals surface area contributed by atoms with Crippen LogP contribution in [-0.2, 0) is 25.5 Å². The van der Waals surface area contributed by atoms with Crippen molar-refractivity contribution in [1.82, 2.24) is 15.3 Å². The average molecular weight is 536 g/mol. The minimum absolute atomic E-state index is 0.0231. The van der Waals surface area contributed by atoms with Gasteiger partial charge >= 0.3 is 11.9 Å². The van der Waals surface area contributed by atoms with Crippen molar-refractivity contribution in [2.24, 2.45) is 0 Å². The van der Waals surface area contributed by atoms with E-state index in [-0.39, 0.29) is 28.3 Å². The molecule has 2 heterocycles. The number of carbonyl (C=O) groups excluding carboxylic acids is 2. The van der Waals surface area contributed by atoms with Crippen LogP contribution in [0.15, 0.2) is 83.5 Å². The number of halogens is 2. The van der Waals surface area contributed by atoms with E-state index in [0.717, 1.165) is 17.0 Å². The Morgan fingerprint density at radius 2 is 1.79 bits per heavy atom. The number of ether oxygens (including phenoxy) is 2. The normalized spacial score (nSPS) is 15.6. The Balaban J connectivity index is 1.51. The van der Waals surface area contributed by atoms with Gasteiger partial charge in [-0.25, -0.2) is 19.0 Å². The second kappa shape index (κ2) is 11.9. The number of carbonyl (C=O) groups is 2. The molecule has 9 heteroatoms. The molecule has 3 aromatic rings. The zero-order chi connectivity index (χ0) is 27.2. The van der Waals surface area contributed by atoms with Crippen molar-refractivity contribution in [1.29, 1.82) is 0 Å². The largest absolute Gasteiger partial charge is 0.466 e. The highest BCUT2D eigenvalue weighted by Crippen LogP contribution is 2.41. The number of esters is 2. The molecule has 0 aliphatic carbocycles. The van der Waals surface area contributed by atoms with Crippen LogP contribution in [0.25, 0.3) is 6.08 Å². The van der Waals surface area contributed by atoms with Crippen molar-refractivity contribution in [2.75, 3.05) is 13.7 Å². The van der Waals surface area contributed by atoms with E-state index in [2.05, 4.69) is 15.3 Å². The molecule has 0 saturated carbocycles. The molecule has 0 fully saturated rings. The molecule has 0 saturated heterocycles. The van der Waals surface area contributed by atoms with Crippen molar-refractivity contribution in [3.8, 4) is 0 Å². The molecule has 7 nitrogen and oxygen atoms in total. The molecule has 0 spiro atoms. The maximum absolute atomic E-state index is 15.1. The average Bonchev–Trinajstić information content (AvgIpc) is 3.41. The number of dihydropyridines is 1. The number of allylic oxidation sites excluding steroid dienone is 2. The minimum atomic E-state index is -1.06. The standard InChI is InChI=1S/C29H27ClFN3O4/c1-17-24(28(35)37-3)26(21-7-4-8-22(30)27(21)31)25(18(2)34-17)29(36)38-15-5-6-19-9-11-20(12-10-19)16-23-32-13-14-33-23/h4-14,26,34H,15-16H2,1-3H3,(H,32,33). The molecular formula is C29H27ClFN3O4. The Morgan fingerprint density at radius 3 is 2.45 bits per heavy atom. The SMILES string of the molecule is COC(=O)C1=C(C)NC(C)=C(C(=O)OCC=Cc2ccc(Cc3ncc[nH]3)cc2)C1c1cccc(Cl)c1F. The Hall–Kier alpha value is -4.17. The number of aromatic amines is 1. The van der Waals surface area contributed by atoms with Gasteiger partial charge in [0, 0.05) is 35.8 Å². The second-order valence-corrected chi connectivity index (χ2v) is 9.13. The lowest BCUT2D eigenvalue weighted by atomic mass is 9.80. The van der Waals surface area contributed by atoms with E-state index in [9.17, 15) is 9.59 Å². The molecule has 1 atom stereocenters. The van der Waals surface area contributed by atoms with Crippen LogP contribution in [0, 0.1) is 5.82 Å². The van der Waals surface area contributed by atoms with Crippen molar-refractivity contribution in [3.63, 3.8) is 0 Å². The summed E-state index contributed by atoms with van der Waals surface area (Å²) < 4.78 is 25.6. The molecule has 1 aliphatic rings. The van der Waals surface area contributed by atoms with Crippen molar-refractivity contribution >= 4 is 29.6 Å². The van der Waals surface area contributed by atoms with Crippen molar-refractivity contribution < 1.29 is 23.5 Å². The molecule has 4 rings (SSSR count). The van der Waals surface area contributed by atoms with Crippen LogP contribution in [0.3, 0.4) is 0 Å². The van der Waals surface area contributed by atoms with Gasteiger partial charge in [-0.2, -0.15) is 0 Å². The van der Waals surface area contributed by atoms with Crippen LogP contribution in [-0.4, -0.2) is 35.6 Å². The molecule has 1 aliphatic heterocycles. The van der Waals surface area contributed by atoms with Crippen LogP contribution < -0.4 is 5.32 Å². The summed E-state index contributed by atoms with van der Waals surface area (Å²) >= 11 is 6.03. The molecule has 2 aromatic carbocycles. The monoisotopic (exact) mass is 535 g/mol. The lowest BCUT2D eigenvalue weighted by Crippen LogP contribution is -2.32. The summed E-state index contributed by atoms with van der Waals surface area (Å²) in [6, 6.07) is 12.4. The minimum Gasteiger partial charge on any atom is -0.466 e. The molecule has 1 aromatic heterocycles. The number of H-pyrrole nitrogens is 1. The number of hydrogen-bond acceptors (Lipinski definition) is 6. The van der Waals surface area contributed by atoms with Gasteiger partial charge in [-0.15, -0.1) is 0 Å². The Labute approximate surface area is 225 Å². The fourth-order valence-electron chi connectivity index (χ4n) is 4.42. The van der Waals surface area contributed by atoms with Crippen LogP contribution in [0.2, 0.25) is 5.02 Å². The maximum Gasteiger partial charge on any atom is 0.337 e. The Kier molecular flexibility index (Phi) is 8.43. The van der Waals surface area contributed by atoms with Gasteiger partial charge in [-0.3, -0.25) is 0 Å². The summed E-state index contributed by atoms with van der Waals surface area (Å²) in [5.74, 6) is -2.26. The highest BCUT2D eigenvalue weighted by Gasteiger charge is 2.39. The molecule has 196 valence electrons. The van der Waals surface area contributed by atoms with Gasteiger partial charge in [0.05, 0.1) is 29.2 Å². The summed E-state index contributed by atoms with van der Waals surface area (Å²) in [5.41, 5.74) is 3.23. The van der Waals surface area contributed by atoms with Crippen LogP contribution in [0.5, 0.6) is 0 Å². The fourth-order valence-corrected chi connectivity index (χ4v) is 4.60. The van der Waals surface area contributed by atoms with Gasteiger partial charge in [-0.1, -0.05) is 54.1 Å². The summed E-state index contributed by atoms with van der Waals surface area (Å²) in [6.07, 6.45) is 7.75. The number of hydrogen-bond donors (Lipinski definition) is 2. The predicted molar refractivity (Wildman–Crippen MR) is 143 cm³/mol. The van der Waals surface area contributed by atoms with Crippen molar-refractivity contribution in [3.05, 3.63) is 117 Å². The maximum atomic E-state index is 15.1. The van der Waals surface area contributed by atoms with E-state index < -0.39 is 23.7 Å².